The molecule has 2 aromatic carbocycles. The highest BCUT2D eigenvalue weighted by molar-refractivity contribution is 6.24. The van der Waals surface area contributed by atoms with Crippen molar-refractivity contribution in [3.05, 3.63) is 70.5 Å². The van der Waals surface area contributed by atoms with Gasteiger partial charge < -0.3 is 31.3 Å². The number of benzene rings is 2. The number of aromatic hydroxyl groups is 1. The number of hydrogen-bond donors (Lipinski definition) is 6. The number of fused-ring (bicyclic) bond motifs is 3. The number of amides is 1. The second kappa shape index (κ2) is 8.52. The minimum atomic E-state index is -2.93. The van der Waals surface area contributed by atoms with Crippen molar-refractivity contribution in [1.29, 1.82) is 0 Å². The van der Waals surface area contributed by atoms with Gasteiger partial charge >= 0.3 is 0 Å². The van der Waals surface area contributed by atoms with E-state index in [2.05, 4.69) is 0 Å². The van der Waals surface area contributed by atoms with Crippen molar-refractivity contribution < 1.29 is 39.9 Å². The van der Waals surface area contributed by atoms with Gasteiger partial charge in [-0.25, -0.2) is 0 Å². The van der Waals surface area contributed by atoms with Crippen molar-refractivity contribution in [3.8, 4) is 16.9 Å². The number of likely N-dealkylation sites (N-methyl/N-ethyl adjacent to an activating group) is 1. The van der Waals surface area contributed by atoms with Crippen molar-refractivity contribution in [2.75, 3.05) is 14.1 Å². The quantitative estimate of drug-likeness (QED) is 0.324. The molecule has 0 spiro atoms. The smallest absolute Gasteiger partial charge is 0.255 e. The van der Waals surface area contributed by atoms with Crippen molar-refractivity contribution in [3.63, 3.8) is 0 Å². The SMILES string of the molecule is C[C@@H]1c2ccc(-c3ccccc3)c(O)c2C(O)=C2C(=O)[C@]3(O)C(O)=C(C(N)=O)C(=O)[C@H](N(C)C)[C@@H]3[C@H](O)[C@H]21. The van der Waals surface area contributed by atoms with E-state index in [0.717, 1.165) is 0 Å². The molecule has 1 saturated carbocycles. The summed E-state index contributed by atoms with van der Waals surface area (Å²) >= 11 is 0. The van der Waals surface area contributed by atoms with Gasteiger partial charge in [0.05, 0.1) is 23.6 Å². The topological polar surface area (TPSA) is 182 Å². The fourth-order valence-corrected chi connectivity index (χ4v) is 6.47. The summed E-state index contributed by atoms with van der Waals surface area (Å²) in [6.45, 7) is 1.69. The van der Waals surface area contributed by atoms with Gasteiger partial charge in [-0.2, -0.15) is 0 Å². The first-order valence-corrected chi connectivity index (χ1v) is 12.1. The normalized spacial score (nSPS) is 30.7. The summed E-state index contributed by atoms with van der Waals surface area (Å²) in [6.07, 6.45) is -1.62. The standard InChI is InChI=1S/C28H28N2O8/c1-11-13-9-10-14(12-7-5-4-6-8-12)21(31)16(13)22(32)17-15(11)23(33)19-20(30(2)3)24(34)18(27(29)37)26(36)28(19,38)25(17)35/h4-11,15,19-20,23,31-33,36,38H,1-3H3,(H2,29,37)/t11-,15+,19-,20-,23-,28+/m1/s1. The Hall–Kier alpha value is -3.99. The lowest BCUT2D eigenvalue weighted by molar-refractivity contribution is -0.169. The van der Waals surface area contributed by atoms with Gasteiger partial charge in [0.25, 0.3) is 5.91 Å². The van der Waals surface area contributed by atoms with Crippen LogP contribution >= 0.6 is 0 Å². The van der Waals surface area contributed by atoms with Crippen molar-refractivity contribution in [1.82, 2.24) is 4.90 Å². The third kappa shape index (κ3) is 3.14. The molecule has 38 heavy (non-hydrogen) atoms. The number of nitrogens with zero attached hydrogens (tertiary/aromatic N) is 1. The molecule has 7 N–H and O–H groups in total. The Morgan fingerprint density at radius 1 is 1.03 bits per heavy atom. The summed E-state index contributed by atoms with van der Waals surface area (Å²) in [6, 6.07) is 10.9. The van der Waals surface area contributed by atoms with Crippen LogP contribution in [0, 0.1) is 11.8 Å². The van der Waals surface area contributed by atoms with E-state index in [9.17, 15) is 39.9 Å². The van der Waals surface area contributed by atoms with Gasteiger partial charge in [-0.1, -0.05) is 49.4 Å². The van der Waals surface area contributed by atoms with Gasteiger partial charge in [-0.3, -0.25) is 19.3 Å². The molecule has 5 rings (SSSR count). The Kier molecular flexibility index (Phi) is 5.75. The van der Waals surface area contributed by atoms with Gasteiger partial charge in [0.1, 0.15) is 22.8 Å². The van der Waals surface area contributed by atoms with Gasteiger partial charge in [-0.15, -0.1) is 0 Å². The van der Waals surface area contributed by atoms with E-state index in [1.165, 1.54) is 19.0 Å². The number of phenols is 1. The highest BCUT2D eigenvalue weighted by Crippen LogP contribution is 2.56. The van der Waals surface area contributed by atoms with Crippen LogP contribution in [0.5, 0.6) is 5.75 Å². The maximum absolute atomic E-state index is 14.0. The Balaban J connectivity index is 1.79. The van der Waals surface area contributed by atoms with Crippen LogP contribution in [0.15, 0.2) is 59.4 Å². The maximum atomic E-state index is 14.0. The van der Waals surface area contributed by atoms with Crippen LogP contribution in [0.25, 0.3) is 16.9 Å². The van der Waals surface area contributed by atoms with Crippen LogP contribution in [0.1, 0.15) is 24.0 Å². The van der Waals surface area contributed by atoms with E-state index in [-0.39, 0.29) is 11.3 Å². The predicted molar refractivity (Wildman–Crippen MR) is 136 cm³/mol. The van der Waals surface area contributed by atoms with Gasteiger partial charge in [0.2, 0.25) is 5.78 Å². The first kappa shape index (κ1) is 25.7. The molecule has 0 saturated heterocycles. The van der Waals surface area contributed by atoms with Crippen LogP contribution in [0.4, 0.5) is 0 Å². The number of ketones is 2. The fraction of sp³-hybridized carbons (Fsp3) is 0.321. The minimum Gasteiger partial charge on any atom is -0.508 e. The summed E-state index contributed by atoms with van der Waals surface area (Å²) < 4.78 is 0. The van der Waals surface area contributed by atoms with Crippen LogP contribution in [-0.4, -0.2) is 79.7 Å². The monoisotopic (exact) mass is 520 g/mol. The molecule has 1 amide bonds. The van der Waals surface area contributed by atoms with Gasteiger partial charge in [0.15, 0.2) is 11.4 Å². The lowest BCUT2D eigenvalue weighted by Crippen LogP contribution is -2.70. The Morgan fingerprint density at radius 3 is 2.24 bits per heavy atom. The molecular weight excluding hydrogens is 492 g/mol. The number of aliphatic hydroxyl groups excluding tert-OH is 3. The van der Waals surface area contributed by atoms with E-state index in [1.807, 2.05) is 0 Å². The van der Waals surface area contributed by atoms with Crippen LogP contribution in [-0.2, 0) is 14.4 Å². The largest absolute Gasteiger partial charge is 0.508 e. The zero-order chi connectivity index (χ0) is 27.8. The number of nitrogens with two attached hydrogens (primary N) is 1. The molecule has 3 aliphatic rings. The molecule has 0 unspecified atom stereocenters. The van der Waals surface area contributed by atoms with E-state index >= 15 is 0 Å². The Morgan fingerprint density at radius 2 is 1.66 bits per heavy atom. The highest BCUT2D eigenvalue weighted by atomic mass is 16.4. The molecule has 10 nitrogen and oxygen atoms in total. The summed E-state index contributed by atoms with van der Waals surface area (Å²) in [7, 11) is 2.93. The molecule has 0 radical (unpaired) electrons. The average Bonchev–Trinajstić information content (AvgIpc) is 2.86. The first-order chi connectivity index (χ1) is 17.8. The summed E-state index contributed by atoms with van der Waals surface area (Å²) in [5, 5.41) is 57.0. The average molecular weight is 521 g/mol. The number of primary amides is 1. The number of phenolic OH excluding ortho intramolecular Hbond substituents is 1. The Bertz CT molecular complexity index is 1460. The summed E-state index contributed by atoms with van der Waals surface area (Å²) in [4.78, 5) is 40.7. The molecule has 0 aliphatic heterocycles. The number of Topliss-reactive ketones (excluding diaryl/α,β-unsaturated/α-hetero) is 2. The van der Waals surface area contributed by atoms with Crippen LogP contribution < -0.4 is 5.73 Å². The molecule has 6 atom stereocenters. The number of hydrogen-bond acceptors (Lipinski definition) is 9. The number of carbonyl (C=O) groups excluding carboxylic acids is 3. The molecule has 10 heteroatoms. The number of carbonyl (C=O) groups is 3. The van der Waals surface area contributed by atoms with E-state index < -0.39 is 75.6 Å². The van der Waals surface area contributed by atoms with Crippen LogP contribution in [0.3, 0.4) is 0 Å². The molecule has 0 aromatic heterocycles. The zero-order valence-electron chi connectivity index (χ0n) is 20.9. The zero-order valence-corrected chi connectivity index (χ0v) is 20.9. The maximum Gasteiger partial charge on any atom is 0.255 e. The second-order valence-electron chi connectivity index (χ2n) is 10.3. The minimum absolute atomic E-state index is 0.0395. The predicted octanol–water partition coefficient (Wildman–Crippen LogP) is 1.16. The highest BCUT2D eigenvalue weighted by Gasteiger charge is 2.68. The summed E-state index contributed by atoms with van der Waals surface area (Å²) in [5.41, 5.74) is 2.49. The van der Waals surface area contributed by atoms with E-state index in [4.69, 9.17) is 5.73 Å². The third-order valence-electron chi connectivity index (χ3n) is 8.21. The molecule has 0 heterocycles. The van der Waals surface area contributed by atoms with Crippen molar-refractivity contribution in [2.24, 2.45) is 17.6 Å². The summed E-state index contributed by atoms with van der Waals surface area (Å²) in [5.74, 6) is -9.03. The molecular formula is C28H28N2O8. The van der Waals surface area contributed by atoms with Crippen molar-refractivity contribution in [2.45, 2.75) is 30.6 Å². The third-order valence-corrected chi connectivity index (χ3v) is 8.21. The Labute approximate surface area is 217 Å². The van der Waals surface area contributed by atoms with Crippen molar-refractivity contribution >= 4 is 23.2 Å². The number of rotatable bonds is 3. The van der Waals surface area contributed by atoms with E-state index in [0.29, 0.717) is 16.7 Å². The molecule has 2 aromatic rings. The molecule has 0 bridgehead atoms. The molecule has 198 valence electrons. The molecule has 3 aliphatic carbocycles. The van der Waals surface area contributed by atoms with Gasteiger partial charge in [-0.05, 0) is 31.1 Å². The van der Waals surface area contributed by atoms with Gasteiger partial charge in [0, 0.05) is 17.1 Å². The second-order valence-corrected chi connectivity index (χ2v) is 10.3. The first-order valence-electron chi connectivity index (χ1n) is 12.1. The van der Waals surface area contributed by atoms with Crippen LogP contribution in [0.2, 0.25) is 0 Å². The lowest BCUT2D eigenvalue weighted by atomic mass is 9.54. The fourth-order valence-electron chi connectivity index (χ4n) is 6.47. The van der Waals surface area contributed by atoms with E-state index in [1.54, 1.807) is 49.4 Å². The number of aliphatic hydroxyl groups is 4. The molecule has 1 fully saturated rings. The lowest BCUT2D eigenvalue weighted by Gasteiger charge is -2.53.